The Labute approximate surface area is 127 Å². The summed E-state index contributed by atoms with van der Waals surface area (Å²) < 4.78 is 11.4. The zero-order valence-corrected chi connectivity index (χ0v) is 13.8. The number of ether oxygens (including phenoxy) is 1. The molecule has 1 aromatic carbocycles. The van der Waals surface area contributed by atoms with Crippen LogP contribution in [0.25, 0.3) is 11.0 Å². The Balaban J connectivity index is 2.10. The first-order chi connectivity index (χ1) is 10.0. The van der Waals surface area contributed by atoms with Gasteiger partial charge in [0.05, 0.1) is 13.2 Å². The zero-order chi connectivity index (χ0) is 15.4. The number of rotatable bonds is 7. The molecule has 0 aliphatic rings. The van der Waals surface area contributed by atoms with E-state index in [1.165, 1.54) is 12.8 Å². The quantitative estimate of drug-likeness (QED) is 0.786. The Morgan fingerprint density at radius 3 is 2.67 bits per heavy atom. The van der Waals surface area contributed by atoms with Crippen LogP contribution in [0, 0.1) is 5.92 Å². The monoisotopic (exact) mass is 289 g/mol. The summed E-state index contributed by atoms with van der Waals surface area (Å²) >= 11 is 0. The first-order valence-corrected chi connectivity index (χ1v) is 7.87. The van der Waals surface area contributed by atoms with E-state index in [9.17, 15) is 0 Å². The lowest BCUT2D eigenvalue weighted by Crippen LogP contribution is -2.30. The van der Waals surface area contributed by atoms with E-state index in [4.69, 9.17) is 9.15 Å². The average molecular weight is 289 g/mol. The Morgan fingerprint density at radius 2 is 2.00 bits per heavy atom. The van der Waals surface area contributed by atoms with Crippen LogP contribution in [-0.2, 0) is 0 Å². The maximum atomic E-state index is 6.00. The van der Waals surface area contributed by atoms with Crippen molar-refractivity contribution in [3.05, 3.63) is 30.0 Å². The summed E-state index contributed by atoms with van der Waals surface area (Å²) in [6.07, 6.45) is 2.41. The van der Waals surface area contributed by atoms with Gasteiger partial charge in [0.2, 0.25) is 0 Å². The molecule has 3 heteroatoms. The van der Waals surface area contributed by atoms with Crippen LogP contribution in [0.2, 0.25) is 0 Å². The maximum Gasteiger partial charge on any atom is 0.176 e. The topological polar surface area (TPSA) is 34.4 Å². The third kappa shape index (κ3) is 3.79. The predicted molar refractivity (Wildman–Crippen MR) is 87.9 cm³/mol. The summed E-state index contributed by atoms with van der Waals surface area (Å²) in [6, 6.07) is 8.75. The Hall–Kier alpha value is -1.48. The molecule has 0 amide bonds. The number of para-hydroxylation sites is 1. The van der Waals surface area contributed by atoms with Crippen LogP contribution >= 0.6 is 0 Å². The van der Waals surface area contributed by atoms with Crippen molar-refractivity contribution in [1.82, 2.24) is 5.32 Å². The molecule has 0 radical (unpaired) electrons. The minimum Gasteiger partial charge on any atom is -0.493 e. The smallest absolute Gasteiger partial charge is 0.176 e. The minimum absolute atomic E-state index is 0.196. The lowest BCUT2D eigenvalue weighted by atomic mass is 10.00. The largest absolute Gasteiger partial charge is 0.493 e. The van der Waals surface area contributed by atoms with Crippen molar-refractivity contribution >= 4 is 11.0 Å². The van der Waals surface area contributed by atoms with E-state index < -0.39 is 0 Å². The van der Waals surface area contributed by atoms with Crippen molar-refractivity contribution in [2.45, 2.75) is 52.6 Å². The summed E-state index contributed by atoms with van der Waals surface area (Å²) in [5, 5.41) is 4.72. The molecule has 116 valence electrons. The van der Waals surface area contributed by atoms with Gasteiger partial charge in [-0.2, -0.15) is 0 Å². The molecule has 0 spiro atoms. The molecule has 0 aliphatic heterocycles. The molecule has 0 aliphatic carbocycles. The second kappa shape index (κ2) is 6.99. The molecule has 3 unspecified atom stereocenters. The van der Waals surface area contributed by atoms with Gasteiger partial charge >= 0.3 is 0 Å². The zero-order valence-electron chi connectivity index (χ0n) is 13.8. The van der Waals surface area contributed by atoms with Crippen LogP contribution in [0.5, 0.6) is 5.75 Å². The first kappa shape index (κ1) is 15.9. The van der Waals surface area contributed by atoms with Gasteiger partial charge in [-0.15, -0.1) is 0 Å². The molecule has 0 bridgehead atoms. The fraction of sp³-hybridized carbons (Fsp3) is 0.556. The molecular formula is C18H27NO2. The normalized spacial score (nSPS) is 15.9. The standard InChI is InChI=1S/C18H27NO2/c1-6-12(2)10-13(3)19-14(4)17-11-15-8-7-9-16(20-5)18(15)21-17/h7-9,11-14,19H,6,10H2,1-5H3. The second-order valence-corrected chi connectivity index (χ2v) is 6.07. The van der Waals surface area contributed by atoms with Crippen molar-refractivity contribution in [2.75, 3.05) is 7.11 Å². The predicted octanol–water partition coefficient (Wildman–Crippen LogP) is 4.92. The Morgan fingerprint density at radius 1 is 1.24 bits per heavy atom. The highest BCUT2D eigenvalue weighted by Gasteiger charge is 2.16. The average Bonchev–Trinajstić information content (AvgIpc) is 2.90. The van der Waals surface area contributed by atoms with E-state index >= 15 is 0 Å². The first-order valence-electron chi connectivity index (χ1n) is 7.87. The number of methoxy groups -OCH3 is 1. The van der Waals surface area contributed by atoms with Crippen molar-refractivity contribution in [2.24, 2.45) is 5.92 Å². The molecule has 1 aromatic heterocycles. The lowest BCUT2D eigenvalue weighted by Gasteiger charge is -2.21. The van der Waals surface area contributed by atoms with Crippen LogP contribution in [0.4, 0.5) is 0 Å². The molecule has 1 heterocycles. The molecular weight excluding hydrogens is 262 g/mol. The molecule has 2 rings (SSSR count). The van der Waals surface area contributed by atoms with Crippen LogP contribution in [0.1, 0.15) is 52.3 Å². The Bertz CT molecular complexity index is 576. The van der Waals surface area contributed by atoms with Crippen LogP contribution in [0.15, 0.2) is 28.7 Å². The summed E-state index contributed by atoms with van der Waals surface area (Å²) in [6.45, 7) is 8.93. The van der Waals surface area contributed by atoms with E-state index in [1.54, 1.807) is 7.11 Å². The van der Waals surface area contributed by atoms with Crippen molar-refractivity contribution < 1.29 is 9.15 Å². The SMILES string of the molecule is CCC(C)CC(C)NC(C)c1cc2cccc(OC)c2o1. The van der Waals surface area contributed by atoms with Crippen molar-refractivity contribution in [3.63, 3.8) is 0 Å². The number of hydrogen-bond acceptors (Lipinski definition) is 3. The fourth-order valence-corrected chi connectivity index (χ4v) is 2.78. The highest BCUT2D eigenvalue weighted by Crippen LogP contribution is 2.31. The maximum absolute atomic E-state index is 6.00. The second-order valence-electron chi connectivity index (χ2n) is 6.07. The molecule has 0 saturated carbocycles. The minimum atomic E-state index is 0.196. The molecule has 0 saturated heterocycles. The molecule has 21 heavy (non-hydrogen) atoms. The van der Waals surface area contributed by atoms with Crippen LogP contribution < -0.4 is 10.1 Å². The number of furan rings is 1. The number of fused-ring (bicyclic) bond motifs is 1. The fourth-order valence-electron chi connectivity index (χ4n) is 2.78. The number of benzene rings is 1. The number of hydrogen-bond donors (Lipinski definition) is 1. The molecule has 2 aromatic rings. The van der Waals surface area contributed by atoms with Crippen molar-refractivity contribution in [1.29, 1.82) is 0 Å². The van der Waals surface area contributed by atoms with Gasteiger partial charge in [0.1, 0.15) is 5.76 Å². The molecule has 3 atom stereocenters. The van der Waals surface area contributed by atoms with Gasteiger partial charge in [-0.25, -0.2) is 0 Å². The van der Waals surface area contributed by atoms with E-state index in [2.05, 4.69) is 45.1 Å². The molecule has 3 nitrogen and oxygen atoms in total. The summed E-state index contributed by atoms with van der Waals surface area (Å²) in [4.78, 5) is 0. The van der Waals surface area contributed by atoms with Gasteiger partial charge in [-0.3, -0.25) is 0 Å². The third-order valence-electron chi connectivity index (χ3n) is 4.16. The Kier molecular flexibility index (Phi) is 5.29. The van der Waals surface area contributed by atoms with E-state index in [0.717, 1.165) is 28.4 Å². The van der Waals surface area contributed by atoms with Gasteiger partial charge in [0.15, 0.2) is 11.3 Å². The number of nitrogens with one attached hydrogen (secondary N) is 1. The highest BCUT2D eigenvalue weighted by molar-refractivity contribution is 5.83. The third-order valence-corrected chi connectivity index (χ3v) is 4.16. The van der Waals surface area contributed by atoms with E-state index in [-0.39, 0.29) is 6.04 Å². The van der Waals surface area contributed by atoms with Gasteiger partial charge < -0.3 is 14.5 Å². The summed E-state index contributed by atoms with van der Waals surface area (Å²) in [5.41, 5.74) is 0.832. The summed E-state index contributed by atoms with van der Waals surface area (Å²) in [7, 11) is 1.67. The van der Waals surface area contributed by atoms with Gasteiger partial charge in [-0.05, 0) is 38.3 Å². The van der Waals surface area contributed by atoms with Crippen molar-refractivity contribution in [3.8, 4) is 5.75 Å². The van der Waals surface area contributed by atoms with Crippen LogP contribution in [0.3, 0.4) is 0 Å². The lowest BCUT2D eigenvalue weighted by molar-refractivity contribution is 0.356. The van der Waals surface area contributed by atoms with Crippen LogP contribution in [-0.4, -0.2) is 13.2 Å². The molecule has 0 fully saturated rings. The van der Waals surface area contributed by atoms with E-state index in [0.29, 0.717) is 6.04 Å². The molecule has 1 N–H and O–H groups in total. The van der Waals surface area contributed by atoms with E-state index in [1.807, 2.05) is 12.1 Å². The van der Waals surface area contributed by atoms with Gasteiger partial charge in [0, 0.05) is 11.4 Å². The van der Waals surface area contributed by atoms with Gasteiger partial charge in [0.25, 0.3) is 0 Å². The summed E-state index contributed by atoms with van der Waals surface area (Å²) in [5.74, 6) is 2.50. The highest BCUT2D eigenvalue weighted by atomic mass is 16.5. The van der Waals surface area contributed by atoms with Gasteiger partial charge in [-0.1, -0.05) is 32.4 Å².